The molecule has 0 aliphatic heterocycles. The summed E-state index contributed by atoms with van der Waals surface area (Å²) in [6.45, 7) is 4.04. The van der Waals surface area contributed by atoms with Crippen molar-refractivity contribution in [2.24, 2.45) is 5.92 Å². The van der Waals surface area contributed by atoms with Crippen molar-refractivity contribution in [1.29, 1.82) is 0 Å². The molecule has 0 atom stereocenters. The summed E-state index contributed by atoms with van der Waals surface area (Å²) in [5.74, 6) is 0.140. The number of fused-ring (bicyclic) bond motifs is 1. The largest absolute Gasteiger partial charge is 0.443 e. The molecule has 1 N–H and O–H groups in total. The highest BCUT2D eigenvalue weighted by Crippen LogP contribution is 2.19. The lowest BCUT2D eigenvalue weighted by molar-refractivity contribution is -0.120. The van der Waals surface area contributed by atoms with Crippen molar-refractivity contribution in [2.45, 2.75) is 26.7 Å². The van der Waals surface area contributed by atoms with E-state index in [1.807, 2.05) is 32.0 Å². The van der Waals surface area contributed by atoms with Gasteiger partial charge in [-0.1, -0.05) is 13.8 Å². The van der Waals surface area contributed by atoms with Crippen molar-refractivity contribution < 1.29 is 9.21 Å². The molecule has 4 nitrogen and oxygen atoms in total. The molecule has 1 amide bonds. The lowest BCUT2D eigenvalue weighted by atomic mass is 10.0. The van der Waals surface area contributed by atoms with Gasteiger partial charge < -0.3 is 9.73 Å². The van der Waals surface area contributed by atoms with Crippen LogP contribution in [-0.2, 0) is 4.79 Å². The van der Waals surface area contributed by atoms with Crippen molar-refractivity contribution in [3.8, 4) is 0 Å². The average molecular weight is 232 g/mol. The van der Waals surface area contributed by atoms with Gasteiger partial charge in [0.2, 0.25) is 5.91 Å². The zero-order chi connectivity index (χ0) is 12.3. The van der Waals surface area contributed by atoms with E-state index < -0.39 is 0 Å². The molecule has 0 spiro atoms. The lowest BCUT2D eigenvalue weighted by Gasteiger charge is -2.12. The quantitative estimate of drug-likeness (QED) is 0.880. The van der Waals surface area contributed by atoms with Crippen LogP contribution in [-0.4, -0.2) is 10.9 Å². The highest BCUT2D eigenvalue weighted by Gasteiger charge is 2.14. The fourth-order valence-corrected chi connectivity index (χ4v) is 1.84. The zero-order valence-corrected chi connectivity index (χ0v) is 10.1. The molecule has 0 radical (unpaired) electrons. The third kappa shape index (κ3) is 2.46. The van der Waals surface area contributed by atoms with E-state index in [2.05, 4.69) is 10.3 Å². The molecule has 0 saturated carbocycles. The van der Waals surface area contributed by atoms with Gasteiger partial charge in [-0.15, -0.1) is 0 Å². The maximum Gasteiger partial charge on any atom is 0.227 e. The first-order chi connectivity index (χ1) is 8.24. The third-order valence-electron chi connectivity index (χ3n) is 2.95. The second-order valence-electron chi connectivity index (χ2n) is 4.04. The summed E-state index contributed by atoms with van der Waals surface area (Å²) in [7, 11) is 0. The summed E-state index contributed by atoms with van der Waals surface area (Å²) < 4.78 is 5.14. The zero-order valence-electron chi connectivity index (χ0n) is 10.1. The van der Waals surface area contributed by atoms with E-state index in [1.54, 1.807) is 0 Å². The van der Waals surface area contributed by atoms with E-state index in [0.717, 1.165) is 29.6 Å². The number of aromatic nitrogens is 1. The van der Waals surface area contributed by atoms with Gasteiger partial charge >= 0.3 is 0 Å². The van der Waals surface area contributed by atoms with Gasteiger partial charge in [-0.3, -0.25) is 4.79 Å². The number of rotatable bonds is 4. The van der Waals surface area contributed by atoms with E-state index in [9.17, 15) is 4.79 Å². The highest BCUT2D eigenvalue weighted by atomic mass is 16.3. The van der Waals surface area contributed by atoms with Crippen LogP contribution in [0, 0.1) is 5.92 Å². The standard InChI is InChI=1S/C13H16N2O2/c1-3-9(4-2)13(16)15-10-5-6-12-11(7-10)14-8-17-12/h5-9H,3-4H2,1-2H3,(H,15,16). The van der Waals surface area contributed by atoms with E-state index in [-0.39, 0.29) is 11.8 Å². The summed E-state index contributed by atoms with van der Waals surface area (Å²) >= 11 is 0. The maximum atomic E-state index is 11.9. The molecule has 0 aliphatic rings. The Balaban J connectivity index is 2.14. The van der Waals surface area contributed by atoms with Gasteiger partial charge in [-0.2, -0.15) is 0 Å². The van der Waals surface area contributed by atoms with Gasteiger partial charge in [0.25, 0.3) is 0 Å². The van der Waals surface area contributed by atoms with Gasteiger partial charge in [-0.25, -0.2) is 4.98 Å². The summed E-state index contributed by atoms with van der Waals surface area (Å²) in [6, 6.07) is 5.46. The van der Waals surface area contributed by atoms with Crippen LogP contribution in [0.15, 0.2) is 29.0 Å². The highest BCUT2D eigenvalue weighted by molar-refractivity contribution is 5.94. The third-order valence-corrected chi connectivity index (χ3v) is 2.95. The number of benzene rings is 1. The number of anilines is 1. The summed E-state index contributed by atoms with van der Waals surface area (Å²) in [6.07, 6.45) is 3.11. The van der Waals surface area contributed by atoms with Gasteiger partial charge in [0.05, 0.1) is 0 Å². The van der Waals surface area contributed by atoms with Gasteiger partial charge in [0, 0.05) is 11.6 Å². The van der Waals surface area contributed by atoms with E-state index >= 15 is 0 Å². The second kappa shape index (κ2) is 4.99. The summed E-state index contributed by atoms with van der Waals surface area (Å²) in [5, 5.41) is 2.91. The number of nitrogens with one attached hydrogen (secondary N) is 1. The van der Waals surface area contributed by atoms with Gasteiger partial charge in [-0.05, 0) is 31.0 Å². The predicted molar refractivity (Wildman–Crippen MR) is 66.7 cm³/mol. The molecule has 17 heavy (non-hydrogen) atoms. The average Bonchev–Trinajstić information content (AvgIpc) is 2.77. The smallest absolute Gasteiger partial charge is 0.227 e. The molecule has 0 aliphatic carbocycles. The Morgan fingerprint density at radius 1 is 1.41 bits per heavy atom. The number of carbonyl (C=O) groups is 1. The number of hydrogen-bond acceptors (Lipinski definition) is 3. The molecule has 2 rings (SSSR count). The monoisotopic (exact) mass is 232 g/mol. The normalized spacial score (nSPS) is 11.0. The molecular formula is C13H16N2O2. The summed E-state index contributed by atoms with van der Waals surface area (Å²) in [5.41, 5.74) is 2.25. The van der Waals surface area contributed by atoms with Crippen molar-refractivity contribution in [3.63, 3.8) is 0 Å². The fourth-order valence-electron chi connectivity index (χ4n) is 1.84. The molecule has 1 heterocycles. The molecule has 0 saturated heterocycles. The molecule has 0 unspecified atom stereocenters. The van der Waals surface area contributed by atoms with E-state index in [0.29, 0.717) is 0 Å². The van der Waals surface area contributed by atoms with Crippen LogP contribution >= 0.6 is 0 Å². The first-order valence-corrected chi connectivity index (χ1v) is 5.88. The van der Waals surface area contributed by atoms with Crippen LogP contribution in [0.5, 0.6) is 0 Å². The molecule has 4 heteroatoms. The van der Waals surface area contributed by atoms with Crippen LogP contribution in [0.1, 0.15) is 26.7 Å². The Morgan fingerprint density at radius 2 is 2.18 bits per heavy atom. The SMILES string of the molecule is CCC(CC)C(=O)Nc1ccc2ocnc2c1. The Bertz CT molecular complexity index is 515. The predicted octanol–water partition coefficient (Wildman–Crippen LogP) is 3.20. The number of nitrogens with zero attached hydrogens (tertiary/aromatic N) is 1. The minimum Gasteiger partial charge on any atom is -0.443 e. The van der Waals surface area contributed by atoms with Crippen LogP contribution in [0.2, 0.25) is 0 Å². The van der Waals surface area contributed by atoms with E-state index in [4.69, 9.17) is 4.42 Å². The van der Waals surface area contributed by atoms with Crippen molar-refractivity contribution in [1.82, 2.24) is 4.98 Å². The maximum absolute atomic E-state index is 11.9. The Hall–Kier alpha value is -1.84. The van der Waals surface area contributed by atoms with Crippen LogP contribution < -0.4 is 5.32 Å². The van der Waals surface area contributed by atoms with Crippen LogP contribution in [0.3, 0.4) is 0 Å². The topological polar surface area (TPSA) is 55.1 Å². The Morgan fingerprint density at radius 3 is 2.88 bits per heavy atom. The first kappa shape index (κ1) is 11.6. The number of oxazole rings is 1. The number of amides is 1. The molecule has 90 valence electrons. The number of hydrogen-bond donors (Lipinski definition) is 1. The minimum absolute atomic E-state index is 0.0674. The van der Waals surface area contributed by atoms with Crippen molar-refractivity contribution in [2.75, 3.05) is 5.32 Å². The van der Waals surface area contributed by atoms with Crippen LogP contribution in [0.4, 0.5) is 5.69 Å². The minimum atomic E-state index is 0.0674. The van der Waals surface area contributed by atoms with Crippen molar-refractivity contribution >= 4 is 22.7 Å². The van der Waals surface area contributed by atoms with E-state index in [1.165, 1.54) is 6.39 Å². The first-order valence-electron chi connectivity index (χ1n) is 5.88. The molecule has 1 aromatic carbocycles. The fraction of sp³-hybridized carbons (Fsp3) is 0.385. The van der Waals surface area contributed by atoms with Crippen LogP contribution in [0.25, 0.3) is 11.1 Å². The Kier molecular flexibility index (Phi) is 3.42. The molecular weight excluding hydrogens is 216 g/mol. The lowest BCUT2D eigenvalue weighted by Crippen LogP contribution is -2.21. The Labute approximate surface area is 100 Å². The van der Waals surface area contributed by atoms with Gasteiger partial charge in [0.1, 0.15) is 5.52 Å². The van der Waals surface area contributed by atoms with Crippen molar-refractivity contribution in [3.05, 3.63) is 24.6 Å². The van der Waals surface area contributed by atoms with Gasteiger partial charge in [0.15, 0.2) is 12.0 Å². The second-order valence-corrected chi connectivity index (χ2v) is 4.04. The number of carbonyl (C=O) groups excluding carboxylic acids is 1. The molecule has 2 aromatic rings. The molecule has 0 bridgehead atoms. The molecule has 0 fully saturated rings. The molecule has 1 aromatic heterocycles. The summed E-state index contributed by atoms with van der Waals surface area (Å²) in [4.78, 5) is 15.9.